The minimum Gasteiger partial charge on any atom is -0.454 e. The summed E-state index contributed by atoms with van der Waals surface area (Å²) in [4.78, 5) is 11.7. The molecular weight excluding hydrogens is 274 g/mol. The van der Waals surface area contributed by atoms with Crippen molar-refractivity contribution >= 4 is 21.7 Å². The standard InChI is InChI=1S/C11H8BrNO3/c12-8-4-7(9(14)2-1-3-13)5-10-11(8)16-6-15-10/h4-5H,1-2,6H2. The van der Waals surface area contributed by atoms with E-state index in [1.807, 2.05) is 6.07 Å². The van der Waals surface area contributed by atoms with Gasteiger partial charge < -0.3 is 9.47 Å². The molecule has 0 atom stereocenters. The van der Waals surface area contributed by atoms with Gasteiger partial charge in [0.2, 0.25) is 6.79 Å². The Morgan fingerprint density at radius 2 is 2.31 bits per heavy atom. The van der Waals surface area contributed by atoms with Gasteiger partial charge in [-0.1, -0.05) is 0 Å². The van der Waals surface area contributed by atoms with Crippen LogP contribution in [0.15, 0.2) is 16.6 Å². The molecule has 4 nitrogen and oxygen atoms in total. The van der Waals surface area contributed by atoms with E-state index in [1.165, 1.54) is 0 Å². The predicted octanol–water partition coefficient (Wildman–Crippen LogP) is 2.66. The number of nitriles is 1. The fraction of sp³-hybridized carbons (Fsp3) is 0.273. The topological polar surface area (TPSA) is 59.3 Å². The van der Waals surface area contributed by atoms with Crippen molar-refractivity contribution in [1.29, 1.82) is 5.26 Å². The van der Waals surface area contributed by atoms with Crippen molar-refractivity contribution in [3.05, 3.63) is 22.2 Å². The molecule has 0 saturated carbocycles. The van der Waals surface area contributed by atoms with E-state index in [2.05, 4.69) is 15.9 Å². The van der Waals surface area contributed by atoms with Gasteiger partial charge in [-0.05, 0) is 28.1 Å². The summed E-state index contributed by atoms with van der Waals surface area (Å²) in [6.45, 7) is 0.170. The Balaban J connectivity index is 2.27. The van der Waals surface area contributed by atoms with E-state index < -0.39 is 0 Å². The van der Waals surface area contributed by atoms with E-state index >= 15 is 0 Å². The lowest BCUT2D eigenvalue weighted by Crippen LogP contribution is -1.98. The van der Waals surface area contributed by atoms with Crippen LogP contribution in [0.25, 0.3) is 0 Å². The zero-order valence-corrected chi connectivity index (χ0v) is 9.91. The number of carbonyl (C=O) groups excluding carboxylic acids is 1. The van der Waals surface area contributed by atoms with Crippen LogP contribution < -0.4 is 9.47 Å². The van der Waals surface area contributed by atoms with E-state index in [0.29, 0.717) is 21.5 Å². The molecule has 0 radical (unpaired) electrons. The SMILES string of the molecule is N#CCCC(=O)c1cc(Br)c2c(c1)OCO2. The van der Waals surface area contributed by atoms with Gasteiger partial charge in [0.1, 0.15) is 0 Å². The normalized spacial score (nSPS) is 12.2. The minimum absolute atomic E-state index is 0.0689. The summed E-state index contributed by atoms with van der Waals surface area (Å²) in [6.07, 6.45) is 0.452. The molecule has 0 aromatic heterocycles. The smallest absolute Gasteiger partial charge is 0.231 e. The summed E-state index contributed by atoms with van der Waals surface area (Å²) in [6, 6.07) is 5.28. The number of hydrogen-bond donors (Lipinski definition) is 0. The first-order chi connectivity index (χ1) is 7.72. The second-order valence-corrected chi connectivity index (χ2v) is 4.13. The number of carbonyl (C=O) groups is 1. The number of hydrogen-bond acceptors (Lipinski definition) is 4. The highest BCUT2D eigenvalue weighted by Crippen LogP contribution is 2.40. The molecule has 1 aliphatic heterocycles. The van der Waals surface area contributed by atoms with Crippen LogP contribution in [0.5, 0.6) is 11.5 Å². The van der Waals surface area contributed by atoms with Gasteiger partial charge in [0.05, 0.1) is 10.5 Å². The van der Waals surface area contributed by atoms with Crippen LogP contribution >= 0.6 is 15.9 Å². The van der Waals surface area contributed by atoms with E-state index in [1.54, 1.807) is 12.1 Å². The number of Topliss-reactive ketones (excluding diaryl/α,β-unsaturated/α-hetero) is 1. The molecule has 0 fully saturated rings. The lowest BCUT2D eigenvalue weighted by Gasteiger charge is -2.03. The van der Waals surface area contributed by atoms with Crippen molar-refractivity contribution in [2.45, 2.75) is 12.8 Å². The highest BCUT2D eigenvalue weighted by molar-refractivity contribution is 9.10. The van der Waals surface area contributed by atoms with Crippen LogP contribution in [0.3, 0.4) is 0 Å². The van der Waals surface area contributed by atoms with Crippen molar-refractivity contribution in [1.82, 2.24) is 0 Å². The van der Waals surface area contributed by atoms with Gasteiger partial charge in [0.15, 0.2) is 17.3 Å². The molecule has 82 valence electrons. The number of fused-ring (bicyclic) bond motifs is 1. The summed E-state index contributed by atoms with van der Waals surface area (Å²) in [5.74, 6) is 1.12. The van der Waals surface area contributed by atoms with Gasteiger partial charge >= 0.3 is 0 Å². The molecule has 0 saturated heterocycles. The average Bonchev–Trinajstić information content (AvgIpc) is 2.74. The first-order valence-electron chi connectivity index (χ1n) is 4.71. The van der Waals surface area contributed by atoms with Crippen LogP contribution in [0, 0.1) is 11.3 Å². The number of ketones is 1. The molecule has 0 amide bonds. The van der Waals surface area contributed by atoms with Crippen molar-refractivity contribution in [3.63, 3.8) is 0 Å². The fourth-order valence-electron chi connectivity index (χ4n) is 1.44. The van der Waals surface area contributed by atoms with E-state index in [0.717, 1.165) is 0 Å². The maximum atomic E-state index is 11.7. The van der Waals surface area contributed by atoms with Crippen molar-refractivity contribution in [3.8, 4) is 17.6 Å². The first kappa shape index (κ1) is 11.0. The van der Waals surface area contributed by atoms with E-state index in [-0.39, 0.29) is 25.4 Å². The van der Waals surface area contributed by atoms with Crippen LogP contribution in [0.4, 0.5) is 0 Å². The van der Waals surface area contributed by atoms with Gasteiger partial charge in [0, 0.05) is 18.4 Å². The third-order valence-corrected chi connectivity index (χ3v) is 2.80. The monoisotopic (exact) mass is 281 g/mol. The lowest BCUT2D eigenvalue weighted by atomic mass is 10.1. The molecule has 1 heterocycles. The summed E-state index contributed by atoms with van der Waals surface area (Å²) in [5.41, 5.74) is 0.534. The molecule has 1 aromatic rings. The minimum atomic E-state index is -0.0689. The van der Waals surface area contributed by atoms with Crippen molar-refractivity contribution in [2.24, 2.45) is 0 Å². The Morgan fingerprint density at radius 3 is 3.06 bits per heavy atom. The molecule has 1 aromatic carbocycles. The largest absolute Gasteiger partial charge is 0.454 e. The van der Waals surface area contributed by atoms with Gasteiger partial charge in [-0.25, -0.2) is 0 Å². The quantitative estimate of drug-likeness (QED) is 0.800. The average molecular weight is 282 g/mol. The second kappa shape index (κ2) is 4.54. The van der Waals surface area contributed by atoms with Gasteiger partial charge in [0.25, 0.3) is 0 Å². The van der Waals surface area contributed by atoms with Gasteiger partial charge in [-0.15, -0.1) is 0 Å². The molecule has 5 heteroatoms. The zero-order chi connectivity index (χ0) is 11.5. The summed E-state index contributed by atoms with van der Waals surface area (Å²) >= 11 is 3.31. The lowest BCUT2D eigenvalue weighted by molar-refractivity contribution is 0.0983. The van der Waals surface area contributed by atoms with Crippen LogP contribution in [-0.2, 0) is 0 Å². The Labute approximate surface area is 101 Å². The number of rotatable bonds is 3. The second-order valence-electron chi connectivity index (χ2n) is 3.27. The first-order valence-corrected chi connectivity index (χ1v) is 5.51. The Bertz CT molecular complexity index is 479. The molecule has 0 N–H and O–H groups in total. The van der Waals surface area contributed by atoms with Crippen molar-refractivity contribution in [2.75, 3.05) is 6.79 Å². The molecule has 2 rings (SSSR count). The summed E-state index contributed by atoms with van der Waals surface area (Å²) in [5, 5.41) is 8.42. The highest BCUT2D eigenvalue weighted by Gasteiger charge is 2.20. The van der Waals surface area contributed by atoms with Crippen molar-refractivity contribution < 1.29 is 14.3 Å². The Morgan fingerprint density at radius 1 is 1.50 bits per heavy atom. The maximum absolute atomic E-state index is 11.7. The van der Waals surface area contributed by atoms with Crippen LogP contribution in [0.2, 0.25) is 0 Å². The molecule has 16 heavy (non-hydrogen) atoms. The molecule has 0 bridgehead atoms. The highest BCUT2D eigenvalue weighted by atomic mass is 79.9. The summed E-state index contributed by atoms with van der Waals surface area (Å²) in [7, 11) is 0. The third kappa shape index (κ3) is 2.02. The maximum Gasteiger partial charge on any atom is 0.231 e. The molecule has 0 spiro atoms. The zero-order valence-electron chi connectivity index (χ0n) is 8.33. The van der Waals surface area contributed by atoms with Gasteiger partial charge in [-0.2, -0.15) is 5.26 Å². The van der Waals surface area contributed by atoms with E-state index in [4.69, 9.17) is 14.7 Å². The van der Waals surface area contributed by atoms with Gasteiger partial charge in [-0.3, -0.25) is 4.79 Å². The van der Waals surface area contributed by atoms with Crippen LogP contribution in [-0.4, -0.2) is 12.6 Å². The Hall–Kier alpha value is -1.54. The number of nitrogens with zero attached hydrogens (tertiary/aromatic N) is 1. The molecule has 0 aliphatic carbocycles. The molecular formula is C11H8BrNO3. The number of benzene rings is 1. The van der Waals surface area contributed by atoms with E-state index in [9.17, 15) is 4.79 Å². The van der Waals surface area contributed by atoms with Crippen LogP contribution in [0.1, 0.15) is 23.2 Å². The molecule has 1 aliphatic rings. The fourth-order valence-corrected chi connectivity index (χ4v) is 2.00. The third-order valence-electron chi connectivity index (χ3n) is 2.21. The summed E-state index contributed by atoms with van der Waals surface area (Å²) < 4.78 is 11.1. The number of halogens is 1. The predicted molar refractivity (Wildman–Crippen MR) is 59.4 cm³/mol. The molecule has 0 unspecified atom stereocenters. The Kier molecular flexibility index (Phi) is 3.11. The number of ether oxygens (including phenoxy) is 2.